The van der Waals surface area contributed by atoms with Crippen LogP contribution in [0, 0.1) is 11.8 Å². The average molecular weight is 351 g/mol. The second kappa shape index (κ2) is 10.1. The van der Waals surface area contributed by atoms with Crippen LogP contribution in [-0.4, -0.2) is 63.0 Å². The van der Waals surface area contributed by atoms with Crippen LogP contribution in [0.5, 0.6) is 5.75 Å². The minimum atomic E-state index is -0.161. The van der Waals surface area contributed by atoms with Crippen LogP contribution in [0.4, 0.5) is 0 Å². The predicted octanol–water partition coefficient (Wildman–Crippen LogP) is 0.999. The first-order valence-electron chi connectivity index (χ1n) is 9.24. The van der Waals surface area contributed by atoms with E-state index in [1.54, 1.807) is 0 Å². The van der Waals surface area contributed by atoms with Crippen molar-refractivity contribution >= 4 is 0 Å². The van der Waals surface area contributed by atoms with Crippen LogP contribution in [0.1, 0.15) is 25.5 Å². The Balaban J connectivity index is 1.95. The standard InChI is InChI=1S/C19H34N4O2/c1-14(2)18(13-24)25-17-7-5-15(6-8-17)19-16(11-21-22-19)12-23(4)10-9-20-3/h5-8,14,16,18-22,24H,9-13H2,1-4H3. The van der Waals surface area contributed by atoms with Gasteiger partial charge in [0.05, 0.1) is 12.6 Å². The number of aliphatic hydroxyl groups is 1. The van der Waals surface area contributed by atoms with Crippen molar-refractivity contribution in [2.75, 3.05) is 46.9 Å². The molecule has 0 aliphatic carbocycles. The number of hydrogen-bond acceptors (Lipinski definition) is 6. The fraction of sp³-hybridized carbons (Fsp3) is 0.684. The highest BCUT2D eigenvalue weighted by molar-refractivity contribution is 5.30. The first-order valence-corrected chi connectivity index (χ1v) is 9.24. The maximum atomic E-state index is 9.41. The zero-order valence-electron chi connectivity index (χ0n) is 16.0. The van der Waals surface area contributed by atoms with Gasteiger partial charge in [0, 0.05) is 32.1 Å². The van der Waals surface area contributed by atoms with Gasteiger partial charge in [0.15, 0.2) is 0 Å². The van der Waals surface area contributed by atoms with Crippen molar-refractivity contribution in [3.8, 4) is 5.75 Å². The lowest BCUT2D eigenvalue weighted by Crippen LogP contribution is -2.34. The molecule has 1 aliphatic heterocycles. The molecule has 6 heteroatoms. The summed E-state index contributed by atoms with van der Waals surface area (Å²) in [6.45, 7) is 8.20. The van der Waals surface area contributed by atoms with E-state index in [4.69, 9.17) is 4.74 Å². The lowest BCUT2D eigenvalue weighted by molar-refractivity contribution is 0.0801. The van der Waals surface area contributed by atoms with Crippen LogP contribution >= 0.6 is 0 Å². The molecule has 3 atom stereocenters. The van der Waals surface area contributed by atoms with E-state index in [0.29, 0.717) is 12.0 Å². The molecule has 0 radical (unpaired) electrons. The monoisotopic (exact) mass is 350 g/mol. The highest BCUT2D eigenvalue weighted by Gasteiger charge is 2.29. The Labute approximate surface area is 151 Å². The van der Waals surface area contributed by atoms with Crippen LogP contribution in [0.2, 0.25) is 0 Å². The molecule has 0 saturated carbocycles. The molecule has 1 fully saturated rings. The number of ether oxygens (including phenoxy) is 1. The topological polar surface area (TPSA) is 68.8 Å². The Bertz CT molecular complexity index is 495. The summed E-state index contributed by atoms with van der Waals surface area (Å²) in [5.74, 6) is 1.61. The van der Waals surface area contributed by atoms with Gasteiger partial charge in [-0.15, -0.1) is 0 Å². The molecule has 0 spiro atoms. The number of nitrogens with zero attached hydrogens (tertiary/aromatic N) is 1. The Hall–Kier alpha value is -1.18. The van der Waals surface area contributed by atoms with E-state index >= 15 is 0 Å². The van der Waals surface area contributed by atoms with Crippen molar-refractivity contribution in [2.24, 2.45) is 11.8 Å². The number of nitrogens with one attached hydrogen (secondary N) is 3. The van der Waals surface area contributed by atoms with Gasteiger partial charge < -0.3 is 20.1 Å². The molecule has 0 amide bonds. The maximum absolute atomic E-state index is 9.41. The fourth-order valence-corrected chi connectivity index (χ4v) is 3.17. The highest BCUT2D eigenvalue weighted by Crippen LogP contribution is 2.27. The molecule has 1 aromatic rings. The molecular formula is C19H34N4O2. The van der Waals surface area contributed by atoms with Crippen molar-refractivity contribution in [3.63, 3.8) is 0 Å². The van der Waals surface area contributed by atoms with Gasteiger partial charge in [0.1, 0.15) is 11.9 Å². The minimum Gasteiger partial charge on any atom is -0.488 e. The van der Waals surface area contributed by atoms with Gasteiger partial charge >= 0.3 is 0 Å². The summed E-state index contributed by atoms with van der Waals surface area (Å²) in [7, 11) is 4.16. The summed E-state index contributed by atoms with van der Waals surface area (Å²) >= 11 is 0. The molecule has 2 rings (SSSR count). The van der Waals surface area contributed by atoms with Gasteiger partial charge in [-0.1, -0.05) is 26.0 Å². The van der Waals surface area contributed by atoms with E-state index < -0.39 is 0 Å². The number of hydrogen-bond donors (Lipinski definition) is 4. The van der Waals surface area contributed by atoms with Crippen molar-refractivity contribution in [3.05, 3.63) is 29.8 Å². The smallest absolute Gasteiger partial charge is 0.124 e. The van der Waals surface area contributed by atoms with Crippen molar-refractivity contribution < 1.29 is 9.84 Å². The third-order valence-corrected chi connectivity index (χ3v) is 4.83. The van der Waals surface area contributed by atoms with E-state index in [-0.39, 0.29) is 18.6 Å². The highest BCUT2D eigenvalue weighted by atomic mass is 16.5. The van der Waals surface area contributed by atoms with Crippen LogP contribution in [-0.2, 0) is 0 Å². The van der Waals surface area contributed by atoms with Crippen LogP contribution in [0.25, 0.3) is 0 Å². The van der Waals surface area contributed by atoms with Crippen molar-refractivity contribution in [1.29, 1.82) is 0 Å². The number of rotatable bonds is 10. The second-order valence-electron chi connectivity index (χ2n) is 7.28. The lowest BCUT2D eigenvalue weighted by atomic mass is 9.94. The SMILES string of the molecule is CNCCN(C)CC1CNNC1c1ccc(OC(CO)C(C)C)cc1. The van der Waals surface area contributed by atoms with E-state index in [9.17, 15) is 5.11 Å². The summed E-state index contributed by atoms with van der Waals surface area (Å²) in [5, 5.41) is 12.6. The fourth-order valence-electron chi connectivity index (χ4n) is 3.17. The van der Waals surface area contributed by atoms with Crippen LogP contribution in [0.15, 0.2) is 24.3 Å². The van der Waals surface area contributed by atoms with Gasteiger partial charge in [-0.25, -0.2) is 5.43 Å². The van der Waals surface area contributed by atoms with Gasteiger partial charge in [-0.3, -0.25) is 5.43 Å². The molecule has 0 bridgehead atoms. The normalized spacial score (nSPS) is 21.9. The van der Waals surface area contributed by atoms with E-state index in [2.05, 4.69) is 54.1 Å². The van der Waals surface area contributed by atoms with Gasteiger partial charge in [0.2, 0.25) is 0 Å². The summed E-state index contributed by atoms with van der Waals surface area (Å²) < 4.78 is 5.88. The Morgan fingerprint density at radius 2 is 2.04 bits per heavy atom. The minimum absolute atomic E-state index is 0.0363. The molecule has 1 saturated heterocycles. The number of aliphatic hydroxyl groups excluding tert-OH is 1. The van der Waals surface area contributed by atoms with Gasteiger partial charge in [-0.05, 0) is 37.7 Å². The average Bonchev–Trinajstić information content (AvgIpc) is 3.06. The van der Waals surface area contributed by atoms with E-state index in [1.165, 1.54) is 5.56 Å². The molecule has 25 heavy (non-hydrogen) atoms. The number of likely N-dealkylation sites (N-methyl/N-ethyl adjacent to an activating group) is 2. The summed E-state index contributed by atoms with van der Waals surface area (Å²) in [6.07, 6.45) is -0.161. The zero-order chi connectivity index (χ0) is 18.2. The Morgan fingerprint density at radius 3 is 2.64 bits per heavy atom. The summed E-state index contributed by atoms with van der Waals surface area (Å²) in [6, 6.07) is 8.54. The molecule has 6 nitrogen and oxygen atoms in total. The quantitative estimate of drug-likeness (QED) is 0.505. The Morgan fingerprint density at radius 1 is 1.32 bits per heavy atom. The van der Waals surface area contributed by atoms with Crippen molar-refractivity contribution in [2.45, 2.75) is 26.0 Å². The molecule has 0 aromatic heterocycles. The third kappa shape index (κ3) is 5.94. The molecule has 3 unspecified atom stereocenters. The third-order valence-electron chi connectivity index (χ3n) is 4.83. The molecule has 1 heterocycles. The zero-order valence-corrected chi connectivity index (χ0v) is 16.0. The first kappa shape index (κ1) is 20.1. The van der Waals surface area contributed by atoms with Gasteiger partial charge in [-0.2, -0.15) is 0 Å². The maximum Gasteiger partial charge on any atom is 0.124 e. The summed E-state index contributed by atoms with van der Waals surface area (Å²) in [5.41, 5.74) is 7.96. The largest absolute Gasteiger partial charge is 0.488 e. The van der Waals surface area contributed by atoms with Crippen molar-refractivity contribution in [1.82, 2.24) is 21.1 Å². The second-order valence-corrected chi connectivity index (χ2v) is 7.28. The van der Waals surface area contributed by atoms with Crippen LogP contribution in [0.3, 0.4) is 0 Å². The molecular weight excluding hydrogens is 316 g/mol. The summed E-state index contributed by atoms with van der Waals surface area (Å²) in [4.78, 5) is 2.37. The number of benzene rings is 1. The Kier molecular flexibility index (Phi) is 8.12. The lowest BCUT2D eigenvalue weighted by Gasteiger charge is -2.25. The number of hydrazine groups is 1. The van der Waals surface area contributed by atoms with E-state index in [1.807, 2.05) is 19.2 Å². The molecule has 1 aliphatic rings. The van der Waals surface area contributed by atoms with Gasteiger partial charge in [0.25, 0.3) is 0 Å². The molecule has 1 aromatic carbocycles. The first-order chi connectivity index (χ1) is 12.0. The molecule has 142 valence electrons. The molecule has 4 N–H and O–H groups in total. The predicted molar refractivity (Wildman–Crippen MR) is 102 cm³/mol. The van der Waals surface area contributed by atoms with Crippen LogP contribution < -0.4 is 20.9 Å². The van der Waals surface area contributed by atoms with E-state index in [0.717, 1.165) is 31.9 Å².